The van der Waals surface area contributed by atoms with Gasteiger partial charge < -0.3 is 14.6 Å². The molecule has 0 spiro atoms. The Hall–Kier alpha value is -1.92. The molecule has 0 radical (unpaired) electrons. The second kappa shape index (κ2) is 5.22. The van der Waals surface area contributed by atoms with Gasteiger partial charge in [-0.1, -0.05) is 12.8 Å². The van der Waals surface area contributed by atoms with E-state index in [9.17, 15) is 14.7 Å². The third kappa shape index (κ3) is 2.28. The molecule has 1 fully saturated rings. The van der Waals surface area contributed by atoms with Crippen LogP contribution in [0.3, 0.4) is 0 Å². The molecule has 20 heavy (non-hydrogen) atoms. The number of carbonyl (C=O) groups excluding carboxylic acids is 1. The van der Waals surface area contributed by atoms with E-state index < -0.39 is 11.9 Å². The first-order valence-electron chi connectivity index (χ1n) is 7.05. The highest BCUT2D eigenvalue weighted by molar-refractivity contribution is 5.85. The summed E-state index contributed by atoms with van der Waals surface area (Å²) in [6.45, 7) is 1.72. The highest BCUT2D eigenvalue weighted by Gasteiger charge is 2.38. The van der Waals surface area contributed by atoms with Gasteiger partial charge >= 0.3 is 5.97 Å². The third-order valence-electron chi connectivity index (χ3n) is 4.35. The number of rotatable bonds is 2. The van der Waals surface area contributed by atoms with Gasteiger partial charge in [0.05, 0.1) is 18.4 Å². The molecule has 2 aliphatic rings. The van der Waals surface area contributed by atoms with Crippen LogP contribution in [0.25, 0.3) is 0 Å². The van der Waals surface area contributed by atoms with Crippen molar-refractivity contribution < 1.29 is 14.7 Å². The van der Waals surface area contributed by atoms with Crippen LogP contribution in [0.5, 0.6) is 0 Å². The van der Waals surface area contributed by atoms with Crippen molar-refractivity contribution in [3.63, 3.8) is 0 Å². The molecule has 1 aliphatic carbocycles. The summed E-state index contributed by atoms with van der Waals surface area (Å²) in [6, 6.07) is 0. The average Bonchev–Trinajstić information content (AvgIpc) is 2.93. The van der Waals surface area contributed by atoms with Crippen LogP contribution in [-0.2, 0) is 22.7 Å². The van der Waals surface area contributed by atoms with E-state index in [-0.39, 0.29) is 11.8 Å². The zero-order valence-electron chi connectivity index (χ0n) is 11.2. The van der Waals surface area contributed by atoms with Gasteiger partial charge in [0.15, 0.2) is 5.82 Å². The number of aliphatic carboxylic acids is 1. The van der Waals surface area contributed by atoms with Crippen LogP contribution in [0.1, 0.15) is 31.5 Å². The largest absolute Gasteiger partial charge is 0.481 e. The lowest BCUT2D eigenvalue weighted by molar-refractivity contribution is -0.153. The van der Waals surface area contributed by atoms with Gasteiger partial charge in [-0.2, -0.15) is 0 Å². The van der Waals surface area contributed by atoms with E-state index in [0.717, 1.165) is 18.7 Å². The first-order chi connectivity index (χ1) is 9.66. The molecule has 1 N–H and O–H groups in total. The van der Waals surface area contributed by atoms with Gasteiger partial charge in [-0.25, -0.2) is 0 Å². The number of amides is 1. The van der Waals surface area contributed by atoms with Gasteiger partial charge in [-0.05, 0) is 12.8 Å². The number of carbonyl (C=O) groups is 2. The Morgan fingerprint density at radius 1 is 1.20 bits per heavy atom. The molecule has 108 valence electrons. The smallest absolute Gasteiger partial charge is 0.307 e. The number of hydrogen-bond acceptors (Lipinski definition) is 4. The maximum absolute atomic E-state index is 12.6. The van der Waals surface area contributed by atoms with Crippen molar-refractivity contribution in [3.8, 4) is 0 Å². The molecule has 1 aromatic heterocycles. The van der Waals surface area contributed by atoms with Crippen LogP contribution < -0.4 is 0 Å². The number of aromatic nitrogens is 3. The second-order valence-corrected chi connectivity index (χ2v) is 5.54. The number of carboxylic acid groups (broad SMARTS) is 1. The maximum Gasteiger partial charge on any atom is 0.307 e. The van der Waals surface area contributed by atoms with Crippen LogP contribution in [0.2, 0.25) is 0 Å². The lowest BCUT2D eigenvalue weighted by atomic mass is 9.78. The summed E-state index contributed by atoms with van der Waals surface area (Å²) in [5, 5.41) is 17.1. The highest BCUT2D eigenvalue weighted by atomic mass is 16.4. The Bertz CT molecular complexity index is 527. The zero-order valence-corrected chi connectivity index (χ0v) is 11.2. The second-order valence-electron chi connectivity index (χ2n) is 5.54. The summed E-state index contributed by atoms with van der Waals surface area (Å²) in [5.74, 6) is -1.02. The summed E-state index contributed by atoms with van der Waals surface area (Å²) in [6.07, 6.45) is 4.78. The molecule has 3 rings (SSSR count). The predicted molar refractivity (Wildman–Crippen MR) is 68.5 cm³/mol. The Labute approximate surface area is 116 Å². The molecule has 2 unspecified atom stereocenters. The topological polar surface area (TPSA) is 88.3 Å². The number of carboxylic acids is 1. The van der Waals surface area contributed by atoms with E-state index in [4.69, 9.17) is 0 Å². The Balaban J connectivity index is 1.73. The third-order valence-corrected chi connectivity index (χ3v) is 4.35. The highest BCUT2D eigenvalue weighted by Crippen LogP contribution is 2.32. The normalized spacial score (nSPS) is 26.1. The molecular weight excluding hydrogens is 260 g/mol. The van der Waals surface area contributed by atoms with E-state index in [1.54, 1.807) is 11.2 Å². The molecular formula is C13H18N4O3. The first-order valence-corrected chi connectivity index (χ1v) is 7.05. The van der Waals surface area contributed by atoms with Gasteiger partial charge in [0.1, 0.15) is 6.33 Å². The van der Waals surface area contributed by atoms with Gasteiger partial charge in [0.25, 0.3) is 0 Å². The fraction of sp³-hybridized carbons (Fsp3) is 0.692. The SMILES string of the molecule is O=C(O)C1CCCCC1C(=O)N1CCn2cnnc2C1. The van der Waals surface area contributed by atoms with E-state index in [0.29, 0.717) is 32.5 Å². The van der Waals surface area contributed by atoms with Crippen molar-refractivity contribution in [2.45, 2.75) is 38.8 Å². The summed E-state index contributed by atoms with van der Waals surface area (Å²) < 4.78 is 1.93. The number of fused-ring (bicyclic) bond motifs is 1. The minimum absolute atomic E-state index is 0.0358. The Kier molecular flexibility index (Phi) is 3.42. The molecule has 1 aliphatic heterocycles. The van der Waals surface area contributed by atoms with Crippen molar-refractivity contribution in [3.05, 3.63) is 12.2 Å². The number of hydrogen-bond donors (Lipinski definition) is 1. The van der Waals surface area contributed by atoms with E-state index in [1.165, 1.54) is 0 Å². The van der Waals surface area contributed by atoms with Crippen LogP contribution in [0.15, 0.2) is 6.33 Å². The van der Waals surface area contributed by atoms with Crippen molar-refractivity contribution >= 4 is 11.9 Å². The fourth-order valence-corrected chi connectivity index (χ4v) is 3.21. The molecule has 1 aromatic rings. The summed E-state index contributed by atoms with van der Waals surface area (Å²) in [7, 11) is 0. The van der Waals surface area contributed by atoms with Crippen molar-refractivity contribution in [1.82, 2.24) is 19.7 Å². The lowest BCUT2D eigenvalue weighted by Crippen LogP contribution is -2.45. The molecule has 1 saturated carbocycles. The molecule has 0 aromatic carbocycles. The minimum atomic E-state index is -0.844. The molecule has 7 heteroatoms. The van der Waals surface area contributed by atoms with Gasteiger partial charge in [-0.3, -0.25) is 9.59 Å². The average molecular weight is 278 g/mol. The molecule has 7 nitrogen and oxygen atoms in total. The molecule has 0 saturated heterocycles. The van der Waals surface area contributed by atoms with E-state index in [1.807, 2.05) is 4.57 Å². The van der Waals surface area contributed by atoms with Gasteiger partial charge in [0, 0.05) is 13.1 Å². The van der Waals surface area contributed by atoms with E-state index >= 15 is 0 Å². The molecule has 1 amide bonds. The first kappa shape index (κ1) is 13.1. The van der Waals surface area contributed by atoms with E-state index in [2.05, 4.69) is 10.2 Å². The van der Waals surface area contributed by atoms with Crippen molar-refractivity contribution in [2.75, 3.05) is 6.54 Å². The summed E-state index contributed by atoms with van der Waals surface area (Å²) in [5.41, 5.74) is 0. The Morgan fingerprint density at radius 3 is 2.70 bits per heavy atom. The minimum Gasteiger partial charge on any atom is -0.481 e. The number of nitrogens with zero attached hydrogens (tertiary/aromatic N) is 4. The van der Waals surface area contributed by atoms with Crippen molar-refractivity contribution in [2.24, 2.45) is 11.8 Å². The molecule has 2 atom stereocenters. The summed E-state index contributed by atoms with van der Waals surface area (Å²) >= 11 is 0. The zero-order chi connectivity index (χ0) is 14.1. The predicted octanol–water partition coefficient (Wildman–Crippen LogP) is 0.511. The maximum atomic E-state index is 12.6. The Morgan fingerprint density at radius 2 is 1.95 bits per heavy atom. The van der Waals surface area contributed by atoms with Gasteiger partial charge in [0.2, 0.25) is 5.91 Å². The van der Waals surface area contributed by atoms with Crippen LogP contribution in [0.4, 0.5) is 0 Å². The van der Waals surface area contributed by atoms with Crippen LogP contribution >= 0.6 is 0 Å². The standard InChI is InChI=1S/C13H18N4O3/c18-12(9-3-1-2-4-10(9)13(19)20)16-5-6-17-8-14-15-11(17)7-16/h8-10H,1-7H2,(H,19,20). The quantitative estimate of drug-likeness (QED) is 0.851. The lowest BCUT2D eigenvalue weighted by Gasteiger charge is -2.34. The summed E-state index contributed by atoms with van der Waals surface area (Å²) in [4.78, 5) is 25.6. The van der Waals surface area contributed by atoms with Gasteiger partial charge in [-0.15, -0.1) is 10.2 Å². The van der Waals surface area contributed by atoms with Crippen LogP contribution in [-0.4, -0.2) is 43.2 Å². The van der Waals surface area contributed by atoms with Crippen molar-refractivity contribution in [1.29, 1.82) is 0 Å². The molecule has 2 heterocycles. The molecule has 0 bridgehead atoms. The van der Waals surface area contributed by atoms with Crippen LogP contribution in [0, 0.1) is 11.8 Å². The monoisotopic (exact) mass is 278 g/mol. The fourth-order valence-electron chi connectivity index (χ4n) is 3.21.